The van der Waals surface area contributed by atoms with Gasteiger partial charge in [0.05, 0.1) is 0 Å². The van der Waals surface area contributed by atoms with Crippen molar-refractivity contribution in [1.29, 1.82) is 0 Å². The lowest BCUT2D eigenvalue weighted by Gasteiger charge is -2.10. The average Bonchev–Trinajstić information content (AvgIpc) is 2.16. The fraction of sp³-hybridized carbons (Fsp3) is 0.833. The maximum atomic E-state index is 12.8. The summed E-state index contributed by atoms with van der Waals surface area (Å²) in [6, 6.07) is 0. The Kier molecular flexibility index (Phi) is 1.43. The second-order valence-electron chi connectivity index (χ2n) is 2.48. The van der Waals surface area contributed by atoms with Gasteiger partial charge in [-0.15, -0.1) is 0 Å². The van der Waals surface area contributed by atoms with Crippen LogP contribution in [0.5, 0.6) is 0 Å². The van der Waals surface area contributed by atoms with Crippen molar-refractivity contribution in [2.45, 2.75) is 31.4 Å². The maximum absolute atomic E-state index is 12.8. The normalized spacial score (nSPS) is 24.1. The van der Waals surface area contributed by atoms with Crippen molar-refractivity contribution in [1.82, 2.24) is 0 Å². The summed E-state index contributed by atoms with van der Waals surface area (Å²) in [5, 5.41) is 8.30. The van der Waals surface area contributed by atoms with Gasteiger partial charge >= 0.3 is 5.97 Å². The fourth-order valence-electron chi connectivity index (χ4n) is 1.15. The van der Waals surface area contributed by atoms with E-state index >= 15 is 0 Å². The van der Waals surface area contributed by atoms with E-state index in [1.165, 1.54) is 0 Å². The molecule has 0 aromatic rings. The molecular weight excluding hydrogens is 123 g/mol. The molecule has 0 radical (unpaired) electrons. The molecule has 2 nitrogen and oxygen atoms in total. The van der Waals surface area contributed by atoms with Gasteiger partial charge in [0.1, 0.15) is 0 Å². The fourth-order valence-corrected chi connectivity index (χ4v) is 1.15. The molecule has 0 saturated heterocycles. The Morgan fingerprint density at radius 1 is 1.44 bits per heavy atom. The van der Waals surface area contributed by atoms with Crippen molar-refractivity contribution in [2.24, 2.45) is 0 Å². The van der Waals surface area contributed by atoms with Crippen LogP contribution in [0.2, 0.25) is 0 Å². The molecule has 0 spiro atoms. The number of aliphatic carboxylic acids is 1. The molecule has 0 unspecified atom stereocenters. The molecule has 0 bridgehead atoms. The molecule has 0 amide bonds. The van der Waals surface area contributed by atoms with Crippen molar-refractivity contribution in [3.8, 4) is 0 Å². The third-order valence-corrected chi connectivity index (χ3v) is 1.78. The molecule has 0 atom stereocenters. The van der Waals surface area contributed by atoms with E-state index in [2.05, 4.69) is 0 Å². The van der Waals surface area contributed by atoms with Gasteiger partial charge in [-0.3, -0.25) is 0 Å². The van der Waals surface area contributed by atoms with Crippen LogP contribution in [0.25, 0.3) is 0 Å². The van der Waals surface area contributed by atoms with Crippen LogP contribution in [0, 0.1) is 0 Å². The summed E-state index contributed by atoms with van der Waals surface area (Å²) in [6.07, 6.45) is 1.82. The standard InChI is InChI=1S/C6H9FO2/c7-6(5(8)9)3-1-2-4-6/h1-4H2,(H,8,9). The molecular formula is C6H9FO2. The van der Waals surface area contributed by atoms with Gasteiger partial charge in [-0.2, -0.15) is 0 Å². The van der Waals surface area contributed by atoms with Gasteiger partial charge in [0.2, 0.25) is 5.67 Å². The Morgan fingerprint density at radius 2 is 1.89 bits per heavy atom. The van der Waals surface area contributed by atoms with E-state index in [0.717, 1.165) is 0 Å². The first-order valence-corrected chi connectivity index (χ1v) is 3.07. The lowest BCUT2D eigenvalue weighted by Crippen LogP contribution is -2.29. The zero-order valence-electron chi connectivity index (χ0n) is 5.06. The van der Waals surface area contributed by atoms with Gasteiger partial charge < -0.3 is 5.11 Å². The van der Waals surface area contributed by atoms with E-state index in [9.17, 15) is 9.18 Å². The molecule has 0 aromatic heterocycles. The number of rotatable bonds is 1. The molecule has 1 fully saturated rings. The van der Waals surface area contributed by atoms with Crippen LogP contribution in [-0.4, -0.2) is 16.7 Å². The zero-order valence-corrected chi connectivity index (χ0v) is 5.06. The molecule has 1 N–H and O–H groups in total. The SMILES string of the molecule is O=C(O)C1(F)CCCC1. The Hall–Kier alpha value is -0.600. The molecule has 1 aliphatic rings. The second-order valence-corrected chi connectivity index (χ2v) is 2.48. The number of carbonyl (C=O) groups is 1. The average molecular weight is 132 g/mol. The summed E-state index contributed by atoms with van der Waals surface area (Å²) in [4.78, 5) is 10.1. The van der Waals surface area contributed by atoms with Crippen LogP contribution in [0.3, 0.4) is 0 Å². The van der Waals surface area contributed by atoms with E-state index in [1.54, 1.807) is 0 Å². The molecule has 1 saturated carbocycles. The van der Waals surface area contributed by atoms with Crippen molar-refractivity contribution >= 4 is 5.97 Å². The summed E-state index contributed by atoms with van der Waals surface area (Å²) >= 11 is 0. The highest BCUT2D eigenvalue weighted by Crippen LogP contribution is 2.33. The van der Waals surface area contributed by atoms with E-state index < -0.39 is 11.6 Å². The summed E-state index contributed by atoms with van der Waals surface area (Å²) < 4.78 is 12.8. The quantitative estimate of drug-likeness (QED) is 0.584. The van der Waals surface area contributed by atoms with Crippen molar-refractivity contribution < 1.29 is 14.3 Å². The highest BCUT2D eigenvalue weighted by molar-refractivity contribution is 5.77. The Labute approximate surface area is 52.7 Å². The molecule has 1 rings (SSSR count). The minimum Gasteiger partial charge on any atom is -0.479 e. The van der Waals surface area contributed by atoms with E-state index in [4.69, 9.17) is 5.11 Å². The monoisotopic (exact) mass is 132 g/mol. The first-order valence-electron chi connectivity index (χ1n) is 3.07. The summed E-state index contributed by atoms with van der Waals surface area (Å²) in [7, 11) is 0. The van der Waals surface area contributed by atoms with Crippen LogP contribution in [0.15, 0.2) is 0 Å². The number of halogens is 1. The number of hydrogen-bond acceptors (Lipinski definition) is 1. The van der Waals surface area contributed by atoms with Crippen molar-refractivity contribution in [3.63, 3.8) is 0 Å². The van der Waals surface area contributed by atoms with Crippen molar-refractivity contribution in [3.05, 3.63) is 0 Å². The van der Waals surface area contributed by atoms with Gasteiger partial charge in [-0.25, -0.2) is 9.18 Å². The predicted molar refractivity (Wildman–Crippen MR) is 29.9 cm³/mol. The number of alkyl halides is 1. The summed E-state index contributed by atoms with van der Waals surface area (Å²) in [5.41, 5.74) is -1.89. The summed E-state index contributed by atoms with van der Waals surface area (Å²) in [5.74, 6) is -1.29. The Morgan fingerprint density at radius 3 is 2.11 bits per heavy atom. The van der Waals surface area contributed by atoms with Crippen LogP contribution in [-0.2, 0) is 4.79 Å². The van der Waals surface area contributed by atoms with E-state index in [0.29, 0.717) is 12.8 Å². The van der Waals surface area contributed by atoms with Crippen LogP contribution in [0.1, 0.15) is 25.7 Å². The van der Waals surface area contributed by atoms with Crippen LogP contribution < -0.4 is 0 Å². The Balaban J connectivity index is 2.61. The maximum Gasteiger partial charge on any atom is 0.341 e. The molecule has 1 aliphatic carbocycles. The smallest absolute Gasteiger partial charge is 0.341 e. The van der Waals surface area contributed by atoms with Crippen molar-refractivity contribution in [2.75, 3.05) is 0 Å². The highest BCUT2D eigenvalue weighted by Gasteiger charge is 2.41. The van der Waals surface area contributed by atoms with Crippen LogP contribution >= 0.6 is 0 Å². The van der Waals surface area contributed by atoms with Gasteiger partial charge in [0.25, 0.3) is 0 Å². The van der Waals surface area contributed by atoms with Gasteiger partial charge in [0.15, 0.2) is 0 Å². The predicted octanol–water partition coefficient (Wildman–Crippen LogP) is 1.35. The zero-order chi connectivity index (χ0) is 6.91. The number of carboxylic acid groups (broad SMARTS) is 1. The molecule has 0 aliphatic heterocycles. The minimum absolute atomic E-state index is 0.197. The Bertz CT molecular complexity index is 127. The van der Waals surface area contributed by atoms with E-state index in [1.807, 2.05) is 0 Å². The lowest BCUT2D eigenvalue weighted by atomic mass is 10.1. The van der Waals surface area contributed by atoms with Gasteiger partial charge in [-0.1, -0.05) is 0 Å². The molecule has 0 aromatic carbocycles. The largest absolute Gasteiger partial charge is 0.479 e. The topological polar surface area (TPSA) is 37.3 Å². The molecule has 52 valence electrons. The van der Waals surface area contributed by atoms with Crippen LogP contribution in [0.4, 0.5) is 4.39 Å². The van der Waals surface area contributed by atoms with E-state index in [-0.39, 0.29) is 12.8 Å². The highest BCUT2D eigenvalue weighted by atomic mass is 19.1. The molecule has 3 heteroatoms. The minimum atomic E-state index is -1.89. The summed E-state index contributed by atoms with van der Waals surface area (Å²) in [6.45, 7) is 0. The second kappa shape index (κ2) is 1.97. The number of hydrogen-bond donors (Lipinski definition) is 1. The molecule has 0 heterocycles. The lowest BCUT2D eigenvalue weighted by molar-refractivity contribution is -0.150. The third-order valence-electron chi connectivity index (χ3n) is 1.78. The third kappa shape index (κ3) is 1.04. The molecule has 9 heavy (non-hydrogen) atoms. The van der Waals surface area contributed by atoms with Gasteiger partial charge in [-0.05, 0) is 25.7 Å². The van der Waals surface area contributed by atoms with Gasteiger partial charge in [0, 0.05) is 0 Å². The first kappa shape index (κ1) is 6.52. The number of carboxylic acids is 1. The first-order chi connectivity index (χ1) is 4.15.